The third-order valence-electron chi connectivity index (χ3n) is 8.79. The Bertz CT molecular complexity index is 911. The fraction of sp³-hybridized carbons (Fsp3) is 0.821. The first-order valence-electron chi connectivity index (χ1n) is 14.1. The van der Waals surface area contributed by atoms with Gasteiger partial charge in [0.2, 0.25) is 11.8 Å². The molecule has 4 fully saturated rings. The van der Waals surface area contributed by atoms with Crippen molar-refractivity contribution < 1.29 is 29.0 Å². The largest absolute Gasteiger partial charge is 0.466 e. The molecule has 0 aliphatic carbocycles. The lowest BCUT2D eigenvalue weighted by molar-refractivity contribution is -0.155. The number of ether oxygens (including phenoxy) is 2. The molecule has 4 rings (SSSR count). The number of esters is 1. The van der Waals surface area contributed by atoms with Gasteiger partial charge >= 0.3 is 5.97 Å². The van der Waals surface area contributed by atoms with Crippen molar-refractivity contribution in [3.05, 3.63) is 12.7 Å². The first-order valence-corrected chi connectivity index (χ1v) is 14.9. The molecule has 0 aromatic heterocycles. The molecule has 0 radical (unpaired) electrons. The molecular weight excluding hydrogens is 506 g/mol. The molecule has 4 aliphatic heterocycles. The molecule has 1 N–H and O–H groups in total. The standard InChI is InChI=1S/C28H45N3O6S/c1-6-10-30(12-11-29-13-15-36-16-14-29)25(34)23-28-9-8-27(5,38-28)22(26(35)37-7-2)21(28)24(33)31(23)20(18-32)17-19(3)4/h6,19-23,32H,1,7-18H2,2-5H3/t20-,21+,22-,23?,27+,28?/m1/s1. The summed E-state index contributed by atoms with van der Waals surface area (Å²) in [4.78, 5) is 47.9. The predicted octanol–water partition coefficient (Wildman–Crippen LogP) is 1.78. The summed E-state index contributed by atoms with van der Waals surface area (Å²) in [5.74, 6) is -1.67. The maximum atomic E-state index is 14.5. The van der Waals surface area contributed by atoms with Crippen LogP contribution in [0, 0.1) is 17.8 Å². The summed E-state index contributed by atoms with van der Waals surface area (Å²) in [6.07, 6.45) is 3.73. The Balaban J connectivity index is 1.71. The van der Waals surface area contributed by atoms with Gasteiger partial charge in [-0.25, -0.2) is 0 Å². The number of aliphatic hydroxyl groups excluding tert-OH is 1. The zero-order valence-corrected chi connectivity index (χ0v) is 24.2. The van der Waals surface area contributed by atoms with Crippen molar-refractivity contribution in [3.8, 4) is 0 Å². The summed E-state index contributed by atoms with van der Waals surface area (Å²) in [7, 11) is 0. The first-order chi connectivity index (χ1) is 18.1. The van der Waals surface area contributed by atoms with Gasteiger partial charge in [0.05, 0.1) is 49.1 Å². The number of rotatable bonds is 12. The van der Waals surface area contributed by atoms with Gasteiger partial charge in [0.15, 0.2) is 0 Å². The lowest BCUT2D eigenvalue weighted by Crippen LogP contribution is -2.58. The minimum Gasteiger partial charge on any atom is -0.466 e. The summed E-state index contributed by atoms with van der Waals surface area (Å²) >= 11 is 1.64. The van der Waals surface area contributed by atoms with Crippen molar-refractivity contribution >= 4 is 29.5 Å². The Morgan fingerprint density at radius 3 is 2.63 bits per heavy atom. The molecule has 9 nitrogen and oxygen atoms in total. The van der Waals surface area contributed by atoms with Crippen molar-refractivity contribution in [2.75, 3.05) is 59.2 Å². The molecule has 1 spiro atoms. The van der Waals surface area contributed by atoms with Gasteiger partial charge < -0.3 is 24.4 Å². The number of amides is 2. The quantitative estimate of drug-likeness (QED) is 0.290. The van der Waals surface area contributed by atoms with Crippen LogP contribution in [-0.4, -0.2) is 118 Å². The molecule has 0 saturated carbocycles. The second-order valence-corrected chi connectivity index (χ2v) is 13.6. The minimum absolute atomic E-state index is 0.113. The number of hydrogen-bond acceptors (Lipinski definition) is 8. The molecule has 4 saturated heterocycles. The van der Waals surface area contributed by atoms with Gasteiger partial charge in [-0.15, -0.1) is 18.3 Å². The fourth-order valence-corrected chi connectivity index (χ4v) is 9.48. The third-order valence-corrected chi connectivity index (χ3v) is 10.8. The van der Waals surface area contributed by atoms with Gasteiger partial charge in [0.1, 0.15) is 6.04 Å². The van der Waals surface area contributed by atoms with Crippen molar-refractivity contribution in [1.82, 2.24) is 14.7 Å². The van der Waals surface area contributed by atoms with Crippen molar-refractivity contribution in [3.63, 3.8) is 0 Å². The van der Waals surface area contributed by atoms with Crippen LogP contribution in [0.25, 0.3) is 0 Å². The van der Waals surface area contributed by atoms with Crippen molar-refractivity contribution in [2.24, 2.45) is 17.8 Å². The minimum atomic E-state index is -0.744. The maximum Gasteiger partial charge on any atom is 0.311 e. The van der Waals surface area contributed by atoms with Crippen LogP contribution in [0.2, 0.25) is 0 Å². The second kappa shape index (κ2) is 11.9. The van der Waals surface area contributed by atoms with Crippen LogP contribution in [0.5, 0.6) is 0 Å². The Morgan fingerprint density at radius 1 is 1.32 bits per heavy atom. The topological polar surface area (TPSA) is 99.6 Å². The van der Waals surface area contributed by atoms with E-state index in [0.29, 0.717) is 45.7 Å². The zero-order valence-electron chi connectivity index (χ0n) is 23.4. The molecule has 2 unspecified atom stereocenters. The number of likely N-dealkylation sites (tertiary alicyclic amines) is 1. The molecule has 4 aliphatic rings. The highest BCUT2D eigenvalue weighted by atomic mass is 32.2. The summed E-state index contributed by atoms with van der Waals surface area (Å²) in [6, 6.07) is -1.23. The average molecular weight is 552 g/mol. The zero-order chi connectivity index (χ0) is 27.7. The first kappa shape index (κ1) is 29.4. The number of aliphatic hydroxyl groups is 1. The Labute approximate surface area is 231 Å². The monoisotopic (exact) mass is 551 g/mol. The average Bonchev–Trinajstić information content (AvgIpc) is 3.46. The molecule has 6 atom stereocenters. The molecule has 10 heteroatoms. The normalized spacial score (nSPS) is 33.5. The number of carbonyl (C=O) groups is 3. The highest BCUT2D eigenvalue weighted by Gasteiger charge is 2.78. The molecule has 38 heavy (non-hydrogen) atoms. The van der Waals surface area contributed by atoms with Gasteiger partial charge in [0, 0.05) is 37.5 Å². The Kier molecular flexibility index (Phi) is 9.17. The smallest absolute Gasteiger partial charge is 0.311 e. The molecule has 2 amide bonds. The molecule has 0 aromatic carbocycles. The molecule has 2 bridgehead atoms. The van der Waals surface area contributed by atoms with Crippen molar-refractivity contribution in [1.29, 1.82) is 0 Å². The van der Waals surface area contributed by atoms with Crippen LogP contribution < -0.4 is 0 Å². The predicted molar refractivity (Wildman–Crippen MR) is 147 cm³/mol. The van der Waals surface area contributed by atoms with E-state index < -0.39 is 33.4 Å². The van der Waals surface area contributed by atoms with Gasteiger partial charge in [-0.3, -0.25) is 19.3 Å². The number of fused-ring (bicyclic) bond motifs is 1. The number of nitrogens with zero attached hydrogens (tertiary/aromatic N) is 3. The lowest BCUT2D eigenvalue weighted by Gasteiger charge is -2.40. The van der Waals surface area contributed by atoms with E-state index in [-0.39, 0.29) is 36.9 Å². The van der Waals surface area contributed by atoms with Crippen molar-refractivity contribution in [2.45, 2.75) is 68.5 Å². The van der Waals surface area contributed by atoms with E-state index in [4.69, 9.17) is 9.47 Å². The summed E-state index contributed by atoms with van der Waals surface area (Å²) in [6.45, 7) is 16.5. The van der Waals surface area contributed by atoms with E-state index in [1.807, 2.05) is 25.7 Å². The number of hydrogen-bond donors (Lipinski definition) is 1. The van der Waals surface area contributed by atoms with Crippen LogP contribution in [0.4, 0.5) is 0 Å². The van der Waals surface area contributed by atoms with E-state index in [2.05, 4.69) is 11.5 Å². The number of morpholine rings is 1. The van der Waals surface area contributed by atoms with Crippen LogP contribution >= 0.6 is 11.8 Å². The van der Waals surface area contributed by atoms with E-state index in [0.717, 1.165) is 19.5 Å². The van der Waals surface area contributed by atoms with Gasteiger partial charge in [-0.05, 0) is 39.0 Å². The Hall–Kier alpha value is -1.62. The van der Waals surface area contributed by atoms with Gasteiger partial charge in [-0.1, -0.05) is 19.9 Å². The van der Waals surface area contributed by atoms with Crippen LogP contribution in [0.1, 0.15) is 47.0 Å². The van der Waals surface area contributed by atoms with E-state index in [1.54, 1.807) is 29.7 Å². The molecular formula is C28H45N3O6S. The number of thioether (sulfide) groups is 1. The summed E-state index contributed by atoms with van der Waals surface area (Å²) < 4.78 is 9.77. The highest BCUT2D eigenvalue weighted by molar-refractivity contribution is 8.02. The Morgan fingerprint density at radius 2 is 2.03 bits per heavy atom. The summed E-state index contributed by atoms with van der Waals surface area (Å²) in [5.41, 5.74) is 0. The molecule has 214 valence electrons. The number of carbonyl (C=O) groups excluding carboxylic acids is 3. The third kappa shape index (κ3) is 5.13. The van der Waals surface area contributed by atoms with Gasteiger partial charge in [-0.2, -0.15) is 0 Å². The summed E-state index contributed by atoms with van der Waals surface area (Å²) in [5, 5.41) is 10.5. The highest BCUT2D eigenvalue weighted by Crippen LogP contribution is 2.71. The molecule has 4 heterocycles. The second-order valence-electron chi connectivity index (χ2n) is 11.7. The van der Waals surface area contributed by atoms with E-state index in [1.165, 1.54) is 0 Å². The van der Waals surface area contributed by atoms with E-state index in [9.17, 15) is 19.5 Å². The van der Waals surface area contributed by atoms with Crippen LogP contribution in [0.3, 0.4) is 0 Å². The lowest BCUT2D eigenvalue weighted by atomic mass is 9.66. The van der Waals surface area contributed by atoms with E-state index >= 15 is 0 Å². The van der Waals surface area contributed by atoms with Crippen LogP contribution in [0.15, 0.2) is 12.7 Å². The van der Waals surface area contributed by atoms with Crippen LogP contribution in [-0.2, 0) is 23.9 Å². The fourth-order valence-electron chi connectivity index (χ4n) is 7.15. The molecule has 0 aromatic rings. The van der Waals surface area contributed by atoms with Gasteiger partial charge in [0.25, 0.3) is 0 Å². The SMILES string of the molecule is C=CCN(CCN1CCOCC1)C(=O)C1N([C@@H](CO)CC(C)C)C(=O)[C@@H]2[C@H](C(=O)OCC)[C@]3(C)CCC12S3. The maximum absolute atomic E-state index is 14.5.